The standard InChI is InChI=1S/C20H26O12S2.2Na/c1-29-19-9-13(3-5-17(19)21)7-15(11-31-33(23,24)25)16(12-32-34(26,27)28)8-14-4-6-18(22)20(10-14)30-2;;/h3-6,9-10,15-16,21-22H,7-8,11-12H2,1-2H3,(H,23,24,25)(H,26,27,28);;/q;2*+1/p-2/t15-,16-;;/m0../s1. The van der Waals surface area contributed by atoms with E-state index in [1.165, 1.54) is 50.6 Å². The van der Waals surface area contributed by atoms with Crippen molar-refractivity contribution in [2.75, 3.05) is 27.4 Å². The molecule has 12 nitrogen and oxygen atoms in total. The molecule has 2 rings (SSSR count). The summed E-state index contributed by atoms with van der Waals surface area (Å²) < 4.78 is 82.0. The summed E-state index contributed by atoms with van der Waals surface area (Å²) in [6.07, 6.45) is 0.0882. The minimum atomic E-state index is -4.84. The summed E-state index contributed by atoms with van der Waals surface area (Å²) in [5.74, 6) is -2.32. The molecule has 0 aromatic heterocycles. The van der Waals surface area contributed by atoms with E-state index in [2.05, 4.69) is 8.37 Å². The van der Waals surface area contributed by atoms with E-state index >= 15 is 0 Å². The Hall–Kier alpha value is -0.620. The SMILES string of the molecule is COc1cc(C[C@@H](COS(=O)(=O)O)[C@H](COS(=O)(=O)O)Cc2ccc([O-])c(OC)c2)ccc1[O-].[Na+].[Na+]. The predicted octanol–water partition coefficient (Wildman–Crippen LogP) is -5.48. The number of benzene rings is 2. The van der Waals surface area contributed by atoms with E-state index in [1.807, 2.05) is 0 Å². The van der Waals surface area contributed by atoms with Gasteiger partial charge in [-0.15, -0.1) is 0 Å². The first kappa shape index (κ1) is 35.4. The van der Waals surface area contributed by atoms with Crippen LogP contribution in [0.4, 0.5) is 0 Å². The third-order valence-electron chi connectivity index (χ3n) is 4.98. The van der Waals surface area contributed by atoms with Gasteiger partial charge in [0.05, 0.1) is 27.4 Å². The Balaban J connectivity index is 0.00000612. The Morgan fingerprint density at radius 1 is 0.722 bits per heavy atom. The first-order valence-electron chi connectivity index (χ1n) is 9.72. The van der Waals surface area contributed by atoms with Crippen LogP contribution in [0.2, 0.25) is 0 Å². The average Bonchev–Trinajstić information content (AvgIpc) is 2.75. The molecule has 36 heavy (non-hydrogen) atoms. The van der Waals surface area contributed by atoms with Gasteiger partial charge in [-0.05, 0) is 47.9 Å². The summed E-state index contributed by atoms with van der Waals surface area (Å²) in [4.78, 5) is 0. The van der Waals surface area contributed by atoms with Crippen LogP contribution in [0.1, 0.15) is 11.1 Å². The summed E-state index contributed by atoms with van der Waals surface area (Å²) in [6, 6.07) is 8.30. The summed E-state index contributed by atoms with van der Waals surface area (Å²) in [6.45, 7) is -1.17. The quantitative estimate of drug-likeness (QED) is 0.173. The summed E-state index contributed by atoms with van der Waals surface area (Å²) in [5, 5.41) is 23.6. The molecule has 0 bridgehead atoms. The second-order valence-electron chi connectivity index (χ2n) is 7.32. The van der Waals surface area contributed by atoms with Crippen molar-refractivity contribution < 1.29 is 113 Å². The molecule has 2 aromatic carbocycles. The van der Waals surface area contributed by atoms with Gasteiger partial charge in [-0.25, -0.2) is 8.37 Å². The maximum atomic E-state index is 11.8. The molecular weight excluding hydrogens is 542 g/mol. The number of rotatable bonds is 13. The topological polar surface area (TPSA) is 192 Å². The molecule has 2 aromatic rings. The molecule has 0 saturated heterocycles. The van der Waals surface area contributed by atoms with Crippen molar-refractivity contribution in [3.63, 3.8) is 0 Å². The van der Waals surface area contributed by atoms with Gasteiger partial charge < -0.3 is 19.7 Å². The van der Waals surface area contributed by atoms with Crippen molar-refractivity contribution in [1.29, 1.82) is 0 Å². The van der Waals surface area contributed by atoms with Gasteiger partial charge in [0.15, 0.2) is 0 Å². The third kappa shape index (κ3) is 12.3. The van der Waals surface area contributed by atoms with Crippen LogP contribution in [0.5, 0.6) is 23.0 Å². The Kier molecular flexibility index (Phi) is 15.4. The van der Waals surface area contributed by atoms with Crippen LogP contribution in [0.25, 0.3) is 0 Å². The van der Waals surface area contributed by atoms with Gasteiger partial charge in [0.1, 0.15) is 11.5 Å². The van der Waals surface area contributed by atoms with E-state index < -0.39 is 45.8 Å². The fraction of sp³-hybridized carbons (Fsp3) is 0.400. The second kappa shape index (κ2) is 15.7. The summed E-state index contributed by atoms with van der Waals surface area (Å²) in [7, 11) is -7.08. The van der Waals surface area contributed by atoms with Crippen molar-refractivity contribution in [3.8, 4) is 23.0 Å². The van der Waals surface area contributed by atoms with Gasteiger partial charge in [0.2, 0.25) is 0 Å². The fourth-order valence-corrected chi connectivity index (χ4v) is 4.05. The molecule has 0 spiro atoms. The Morgan fingerprint density at radius 3 is 1.33 bits per heavy atom. The molecule has 0 heterocycles. The predicted molar refractivity (Wildman–Crippen MR) is 114 cm³/mol. The van der Waals surface area contributed by atoms with Gasteiger partial charge in [0.25, 0.3) is 0 Å². The Labute approximate surface area is 254 Å². The van der Waals surface area contributed by atoms with Gasteiger partial charge >= 0.3 is 79.9 Å². The number of hydrogen-bond donors (Lipinski definition) is 2. The fourth-order valence-electron chi connectivity index (χ4n) is 3.35. The normalized spacial score (nSPS) is 13.1. The molecule has 0 fully saturated rings. The molecule has 0 saturated carbocycles. The van der Waals surface area contributed by atoms with Crippen LogP contribution in [-0.4, -0.2) is 53.4 Å². The number of hydrogen-bond acceptors (Lipinski definition) is 10. The zero-order valence-corrected chi connectivity index (χ0v) is 25.9. The van der Waals surface area contributed by atoms with Gasteiger partial charge in [-0.1, -0.05) is 35.8 Å². The molecule has 16 heteroatoms. The number of methoxy groups -OCH3 is 2. The maximum absolute atomic E-state index is 11.8. The first-order chi connectivity index (χ1) is 15.8. The van der Waals surface area contributed by atoms with Crippen LogP contribution in [0.3, 0.4) is 0 Å². The van der Waals surface area contributed by atoms with E-state index in [4.69, 9.17) is 18.6 Å². The molecule has 190 valence electrons. The van der Waals surface area contributed by atoms with Gasteiger partial charge in [-0.2, -0.15) is 16.8 Å². The largest absolute Gasteiger partial charge is 1.00 e. The third-order valence-corrected chi connectivity index (χ3v) is 5.85. The van der Waals surface area contributed by atoms with Crippen LogP contribution in [-0.2, 0) is 42.0 Å². The molecule has 0 aliphatic carbocycles. The molecule has 0 unspecified atom stereocenters. The number of ether oxygens (including phenoxy) is 2. The molecule has 0 radical (unpaired) electrons. The summed E-state index contributed by atoms with van der Waals surface area (Å²) in [5.41, 5.74) is 1.04. The average molecular weight is 567 g/mol. The van der Waals surface area contributed by atoms with Crippen LogP contribution in [0.15, 0.2) is 36.4 Å². The van der Waals surface area contributed by atoms with Gasteiger partial charge in [0, 0.05) is 0 Å². The Bertz CT molecular complexity index is 1100. The second-order valence-corrected chi connectivity index (χ2v) is 9.51. The smallest absolute Gasteiger partial charge is 0.870 e. The van der Waals surface area contributed by atoms with Crippen molar-refractivity contribution in [1.82, 2.24) is 0 Å². The molecule has 0 aliphatic rings. The minimum Gasteiger partial charge on any atom is -0.870 e. The van der Waals surface area contributed by atoms with E-state index in [-0.39, 0.29) is 95.0 Å². The molecule has 0 aliphatic heterocycles. The molecule has 2 atom stereocenters. The van der Waals surface area contributed by atoms with E-state index in [1.54, 1.807) is 0 Å². The van der Waals surface area contributed by atoms with E-state index in [9.17, 15) is 27.0 Å². The van der Waals surface area contributed by atoms with Crippen LogP contribution < -0.4 is 78.8 Å². The minimum absolute atomic E-state index is 0. The monoisotopic (exact) mass is 566 g/mol. The maximum Gasteiger partial charge on any atom is 1.00 e. The van der Waals surface area contributed by atoms with E-state index in [0.29, 0.717) is 11.1 Å². The van der Waals surface area contributed by atoms with Crippen molar-refractivity contribution in [2.45, 2.75) is 12.8 Å². The van der Waals surface area contributed by atoms with E-state index in [0.717, 1.165) is 0 Å². The van der Waals surface area contributed by atoms with Crippen LogP contribution >= 0.6 is 0 Å². The molecular formula is C20H24Na2O12S2. The first-order valence-corrected chi connectivity index (χ1v) is 12.5. The zero-order valence-electron chi connectivity index (χ0n) is 20.2. The van der Waals surface area contributed by atoms with Crippen molar-refractivity contribution >= 4 is 20.8 Å². The Morgan fingerprint density at radius 2 is 1.06 bits per heavy atom. The van der Waals surface area contributed by atoms with Crippen molar-refractivity contribution in [3.05, 3.63) is 47.5 Å². The zero-order chi connectivity index (χ0) is 25.5. The van der Waals surface area contributed by atoms with Gasteiger partial charge in [-0.3, -0.25) is 9.11 Å². The summed E-state index contributed by atoms with van der Waals surface area (Å²) >= 11 is 0. The van der Waals surface area contributed by atoms with Crippen molar-refractivity contribution in [2.24, 2.45) is 11.8 Å². The van der Waals surface area contributed by atoms with Crippen LogP contribution in [0, 0.1) is 11.8 Å². The molecule has 2 N–H and O–H groups in total. The molecule has 0 amide bonds.